The van der Waals surface area contributed by atoms with Gasteiger partial charge in [-0.25, -0.2) is 9.48 Å². The van der Waals surface area contributed by atoms with Crippen molar-refractivity contribution in [3.8, 4) is 5.75 Å². The first-order valence-electron chi connectivity index (χ1n) is 13.9. The maximum Gasteiger partial charge on any atom is 0.338 e. The smallest absolute Gasteiger partial charge is 0.338 e. The van der Waals surface area contributed by atoms with Crippen LogP contribution in [0, 0.1) is 0 Å². The number of rotatable bonds is 9. The van der Waals surface area contributed by atoms with Gasteiger partial charge in [0.2, 0.25) is 11.8 Å². The number of anilines is 1. The van der Waals surface area contributed by atoms with E-state index in [1.165, 1.54) is 21.7 Å². The highest BCUT2D eigenvalue weighted by molar-refractivity contribution is 6.02. The predicted molar refractivity (Wildman–Crippen MR) is 153 cm³/mol. The third-order valence-electron chi connectivity index (χ3n) is 7.30. The van der Waals surface area contributed by atoms with Crippen molar-refractivity contribution < 1.29 is 24.2 Å². The molecule has 2 amide bonds. The van der Waals surface area contributed by atoms with Crippen molar-refractivity contribution >= 4 is 34.5 Å². The number of para-hydroxylation sites is 1. The number of fused-ring (bicyclic) bond motifs is 1. The van der Waals surface area contributed by atoms with Crippen LogP contribution in [0.25, 0.3) is 11.0 Å². The van der Waals surface area contributed by atoms with E-state index in [0.29, 0.717) is 27.8 Å². The molecule has 41 heavy (non-hydrogen) atoms. The first-order valence-corrected chi connectivity index (χ1v) is 13.9. The standard InChI is InChI=1S/C31H33N5O5/c1-2-41-31(40)22-12-16-24(17-13-22)36(28(38)20-35-27-11-7-6-10-26(27)33-34-35)29(21-14-18-25(37)19-15-21)30(39)32-23-8-4-3-5-9-23/h6-7,10-19,23,29,37H,2-5,8-9,20H2,1H3,(H,32,39)/t29-/m0/s1. The lowest BCUT2D eigenvalue weighted by atomic mass is 9.94. The summed E-state index contributed by atoms with van der Waals surface area (Å²) in [5.41, 5.74) is 2.62. The van der Waals surface area contributed by atoms with Crippen LogP contribution in [0.3, 0.4) is 0 Å². The Bertz CT molecular complexity index is 1510. The SMILES string of the molecule is CCOC(=O)c1ccc(N(C(=O)Cn2nnc3ccccc32)[C@H](C(=O)NC2CCCCC2)c2ccc(O)cc2)cc1. The molecular formula is C31H33N5O5. The number of aromatic nitrogens is 3. The Morgan fingerprint density at radius 3 is 2.41 bits per heavy atom. The first kappa shape index (κ1) is 27.8. The van der Waals surface area contributed by atoms with E-state index in [0.717, 1.165) is 32.1 Å². The fourth-order valence-corrected chi connectivity index (χ4v) is 5.25. The van der Waals surface area contributed by atoms with Gasteiger partial charge in [-0.1, -0.05) is 48.7 Å². The van der Waals surface area contributed by atoms with Crippen molar-refractivity contribution in [1.29, 1.82) is 0 Å². The van der Waals surface area contributed by atoms with Crippen LogP contribution < -0.4 is 10.2 Å². The van der Waals surface area contributed by atoms with Crippen molar-refractivity contribution in [2.24, 2.45) is 0 Å². The molecule has 1 atom stereocenters. The lowest BCUT2D eigenvalue weighted by Gasteiger charge is -2.33. The number of amides is 2. The van der Waals surface area contributed by atoms with Crippen molar-refractivity contribution in [2.75, 3.05) is 11.5 Å². The molecule has 0 unspecified atom stereocenters. The molecule has 0 spiro atoms. The van der Waals surface area contributed by atoms with E-state index in [-0.39, 0.29) is 30.9 Å². The molecule has 1 aliphatic rings. The molecule has 5 rings (SSSR count). The van der Waals surface area contributed by atoms with Gasteiger partial charge in [-0.15, -0.1) is 5.10 Å². The van der Waals surface area contributed by atoms with Crippen LogP contribution in [0.4, 0.5) is 5.69 Å². The molecule has 0 radical (unpaired) electrons. The van der Waals surface area contributed by atoms with Crippen LogP contribution in [0.15, 0.2) is 72.8 Å². The van der Waals surface area contributed by atoms with Crippen LogP contribution in [0.1, 0.15) is 61.0 Å². The molecule has 10 nitrogen and oxygen atoms in total. The summed E-state index contributed by atoms with van der Waals surface area (Å²) >= 11 is 0. The summed E-state index contributed by atoms with van der Waals surface area (Å²) in [6.07, 6.45) is 4.96. The van der Waals surface area contributed by atoms with E-state index >= 15 is 0 Å². The summed E-state index contributed by atoms with van der Waals surface area (Å²) in [7, 11) is 0. The van der Waals surface area contributed by atoms with E-state index in [9.17, 15) is 19.5 Å². The summed E-state index contributed by atoms with van der Waals surface area (Å²) < 4.78 is 6.62. The second-order valence-corrected chi connectivity index (χ2v) is 10.1. The van der Waals surface area contributed by atoms with E-state index in [1.54, 1.807) is 43.3 Å². The lowest BCUT2D eigenvalue weighted by Crippen LogP contribution is -2.48. The van der Waals surface area contributed by atoms with Gasteiger partial charge >= 0.3 is 5.97 Å². The topological polar surface area (TPSA) is 127 Å². The van der Waals surface area contributed by atoms with Gasteiger partial charge < -0.3 is 15.2 Å². The summed E-state index contributed by atoms with van der Waals surface area (Å²) in [4.78, 5) is 41.9. The van der Waals surface area contributed by atoms with Gasteiger partial charge in [0.15, 0.2) is 0 Å². The monoisotopic (exact) mass is 555 g/mol. The van der Waals surface area contributed by atoms with Gasteiger partial charge in [0.25, 0.3) is 0 Å². The molecular weight excluding hydrogens is 522 g/mol. The number of nitrogens with one attached hydrogen (secondary N) is 1. The number of ether oxygens (including phenoxy) is 1. The third-order valence-corrected chi connectivity index (χ3v) is 7.30. The maximum absolute atomic E-state index is 14.2. The quantitative estimate of drug-likeness (QED) is 0.290. The summed E-state index contributed by atoms with van der Waals surface area (Å²) in [6.45, 7) is 1.79. The fourth-order valence-electron chi connectivity index (χ4n) is 5.25. The van der Waals surface area contributed by atoms with Gasteiger partial charge in [-0.05, 0) is 73.9 Å². The van der Waals surface area contributed by atoms with E-state index in [2.05, 4.69) is 15.6 Å². The minimum atomic E-state index is -1.05. The highest BCUT2D eigenvalue weighted by Gasteiger charge is 2.34. The van der Waals surface area contributed by atoms with Gasteiger partial charge in [0.05, 0.1) is 17.7 Å². The summed E-state index contributed by atoms with van der Waals surface area (Å²) in [6, 6.07) is 19.0. The third kappa shape index (κ3) is 6.37. The molecule has 1 fully saturated rings. The van der Waals surface area contributed by atoms with E-state index in [1.807, 2.05) is 24.3 Å². The number of esters is 1. The summed E-state index contributed by atoms with van der Waals surface area (Å²) in [5, 5.41) is 21.5. The number of aromatic hydroxyl groups is 1. The molecule has 2 N–H and O–H groups in total. The second kappa shape index (κ2) is 12.6. The highest BCUT2D eigenvalue weighted by Crippen LogP contribution is 2.31. The van der Waals surface area contributed by atoms with Crippen LogP contribution in [0.2, 0.25) is 0 Å². The van der Waals surface area contributed by atoms with Crippen molar-refractivity contribution in [2.45, 2.75) is 57.7 Å². The number of phenols is 1. The molecule has 0 aliphatic heterocycles. The molecule has 4 aromatic rings. The lowest BCUT2D eigenvalue weighted by molar-refractivity contribution is -0.127. The number of carbonyl (C=O) groups is 3. The van der Waals surface area contributed by atoms with Gasteiger partial charge in [0, 0.05) is 11.7 Å². The molecule has 212 valence electrons. The average Bonchev–Trinajstić information content (AvgIpc) is 3.39. The van der Waals surface area contributed by atoms with Gasteiger partial charge in [0.1, 0.15) is 23.9 Å². The van der Waals surface area contributed by atoms with Gasteiger partial charge in [-0.3, -0.25) is 14.5 Å². The molecule has 0 saturated heterocycles. The molecule has 1 aromatic heterocycles. The molecule has 10 heteroatoms. The zero-order chi connectivity index (χ0) is 28.8. The number of hydrogen-bond acceptors (Lipinski definition) is 7. The van der Waals surface area contributed by atoms with Crippen LogP contribution in [-0.4, -0.2) is 50.5 Å². The summed E-state index contributed by atoms with van der Waals surface area (Å²) in [5.74, 6) is -1.16. The minimum Gasteiger partial charge on any atom is -0.508 e. The maximum atomic E-state index is 14.2. The Balaban J connectivity index is 1.56. The van der Waals surface area contributed by atoms with Gasteiger partial charge in [-0.2, -0.15) is 0 Å². The average molecular weight is 556 g/mol. The first-order chi connectivity index (χ1) is 19.9. The zero-order valence-corrected chi connectivity index (χ0v) is 22.9. The number of nitrogens with zero attached hydrogens (tertiary/aromatic N) is 4. The normalized spacial score (nSPS) is 14.4. The molecule has 1 aliphatic carbocycles. The van der Waals surface area contributed by atoms with Crippen LogP contribution >= 0.6 is 0 Å². The van der Waals surface area contributed by atoms with Crippen LogP contribution in [0.5, 0.6) is 5.75 Å². The molecule has 1 saturated carbocycles. The van der Waals surface area contributed by atoms with Crippen molar-refractivity contribution in [3.63, 3.8) is 0 Å². The minimum absolute atomic E-state index is 0.0123. The van der Waals surface area contributed by atoms with Crippen LogP contribution in [-0.2, 0) is 20.9 Å². The van der Waals surface area contributed by atoms with E-state index < -0.39 is 17.9 Å². The predicted octanol–water partition coefficient (Wildman–Crippen LogP) is 4.54. The number of hydrogen-bond donors (Lipinski definition) is 2. The number of carbonyl (C=O) groups excluding carboxylic acids is 3. The van der Waals surface area contributed by atoms with Crippen molar-refractivity contribution in [3.05, 3.63) is 83.9 Å². The highest BCUT2D eigenvalue weighted by atomic mass is 16.5. The fraction of sp³-hybridized carbons (Fsp3) is 0.323. The Labute approximate surface area is 237 Å². The van der Waals surface area contributed by atoms with E-state index in [4.69, 9.17) is 4.74 Å². The molecule has 1 heterocycles. The Morgan fingerprint density at radius 1 is 1.00 bits per heavy atom. The Kier molecular flexibility index (Phi) is 8.57. The largest absolute Gasteiger partial charge is 0.508 e. The molecule has 0 bridgehead atoms. The Hall–Kier alpha value is -4.73. The number of phenolic OH excluding ortho intramolecular Hbond substituents is 1. The Morgan fingerprint density at radius 2 is 1.71 bits per heavy atom. The molecule has 3 aromatic carbocycles. The zero-order valence-electron chi connectivity index (χ0n) is 22.9. The second-order valence-electron chi connectivity index (χ2n) is 10.1. The van der Waals surface area contributed by atoms with Crippen molar-refractivity contribution in [1.82, 2.24) is 20.3 Å². The number of benzene rings is 3.